The topological polar surface area (TPSA) is 119 Å². The van der Waals surface area contributed by atoms with Gasteiger partial charge in [0.1, 0.15) is 11.5 Å². The molecule has 11 nitrogen and oxygen atoms in total. The Morgan fingerprint density at radius 2 is 1.81 bits per heavy atom. The number of benzene rings is 2. The smallest absolute Gasteiger partial charge is 0.274 e. The summed E-state index contributed by atoms with van der Waals surface area (Å²) in [4.78, 5) is 41.9. The van der Waals surface area contributed by atoms with E-state index in [-0.39, 0.29) is 24.1 Å². The molecule has 2 aromatic heterocycles. The molecule has 42 heavy (non-hydrogen) atoms. The monoisotopic (exact) mass is 581 g/mol. The minimum absolute atomic E-state index is 0.0809. The number of hydrogen-bond donors (Lipinski definition) is 2. The number of hydrogen-bond acceptors (Lipinski definition) is 10. The third kappa shape index (κ3) is 5.42. The Kier molecular flexibility index (Phi) is 7.22. The molecule has 2 aromatic carbocycles. The molecule has 3 aliphatic heterocycles. The molecule has 3 aliphatic rings. The van der Waals surface area contributed by atoms with Crippen LogP contribution in [0.1, 0.15) is 23.3 Å². The number of aromatic nitrogens is 4. The van der Waals surface area contributed by atoms with Gasteiger partial charge in [-0.25, -0.2) is 9.97 Å². The number of amides is 2. The third-order valence-electron chi connectivity index (χ3n) is 8.02. The molecule has 0 unspecified atom stereocenters. The molecule has 3 saturated heterocycles. The lowest BCUT2D eigenvalue weighted by atomic mass is 10.1. The zero-order valence-electron chi connectivity index (χ0n) is 23.1. The molecule has 1 atom stereocenters. The Labute approximate surface area is 247 Å². The maximum absolute atomic E-state index is 13.7. The van der Waals surface area contributed by atoms with Crippen LogP contribution in [0, 0.1) is 0 Å². The van der Waals surface area contributed by atoms with Crippen LogP contribution in [0.2, 0.25) is 0 Å². The van der Waals surface area contributed by atoms with E-state index in [1.54, 1.807) is 17.4 Å². The zero-order valence-corrected chi connectivity index (χ0v) is 23.9. The van der Waals surface area contributed by atoms with Crippen molar-refractivity contribution in [2.45, 2.75) is 18.9 Å². The largest absolute Gasteiger partial charge is 0.353 e. The van der Waals surface area contributed by atoms with Gasteiger partial charge in [-0.1, -0.05) is 53.8 Å². The average molecular weight is 582 g/mol. The third-order valence-corrected chi connectivity index (χ3v) is 9.03. The predicted molar refractivity (Wildman–Crippen MR) is 163 cm³/mol. The summed E-state index contributed by atoms with van der Waals surface area (Å²) < 4.78 is 0. The summed E-state index contributed by atoms with van der Waals surface area (Å²) in [6, 6.07) is 19.4. The van der Waals surface area contributed by atoms with Gasteiger partial charge in [0, 0.05) is 56.0 Å². The van der Waals surface area contributed by atoms with Crippen LogP contribution in [0.5, 0.6) is 0 Å². The Balaban J connectivity index is 1.16. The number of para-hydroxylation sites is 1. The van der Waals surface area contributed by atoms with E-state index in [9.17, 15) is 9.59 Å². The number of nitrogens with zero attached hydrogens (tertiary/aromatic N) is 7. The normalized spacial score (nSPS) is 19.0. The second-order valence-corrected chi connectivity index (χ2v) is 11.7. The second-order valence-electron chi connectivity index (χ2n) is 10.7. The number of carbonyl (C=O) groups is 2. The highest BCUT2D eigenvalue weighted by molar-refractivity contribution is 7.18. The minimum Gasteiger partial charge on any atom is -0.353 e. The predicted octanol–water partition coefficient (Wildman–Crippen LogP) is 3.14. The molecular weight excluding hydrogens is 550 g/mol. The Morgan fingerprint density at radius 3 is 2.69 bits per heavy atom. The molecule has 2 amide bonds. The van der Waals surface area contributed by atoms with Crippen molar-refractivity contribution in [2.75, 3.05) is 60.9 Å². The highest BCUT2D eigenvalue weighted by Gasteiger charge is 2.32. The van der Waals surface area contributed by atoms with Crippen LogP contribution in [-0.2, 0) is 4.79 Å². The van der Waals surface area contributed by atoms with Crippen molar-refractivity contribution >= 4 is 39.8 Å². The summed E-state index contributed by atoms with van der Waals surface area (Å²) in [6.07, 6.45) is 2.50. The Bertz CT molecular complexity index is 1610. The van der Waals surface area contributed by atoms with Crippen LogP contribution >= 0.6 is 11.3 Å². The maximum Gasteiger partial charge on any atom is 0.274 e. The van der Waals surface area contributed by atoms with Gasteiger partial charge in [-0.2, -0.15) is 0 Å². The summed E-state index contributed by atoms with van der Waals surface area (Å²) in [5.74, 6) is 0.511. The molecule has 0 spiro atoms. The van der Waals surface area contributed by atoms with Crippen LogP contribution in [-0.4, -0.2) is 88.7 Å². The summed E-state index contributed by atoms with van der Waals surface area (Å²) >= 11 is 1.55. The lowest BCUT2D eigenvalue weighted by molar-refractivity contribution is -0.120. The van der Waals surface area contributed by atoms with Gasteiger partial charge in [0.15, 0.2) is 10.8 Å². The highest BCUT2D eigenvalue weighted by atomic mass is 32.1. The van der Waals surface area contributed by atoms with E-state index in [0.717, 1.165) is 40.9 Å². The number of nitrogens with one attached hydrogen (secondary N) is 2. The first-order chi connectivity index (χ1) is 20.6. The SMILES string of the molecule is O=C1CN(c2cc(C(=O)Nc3ccccc3-c3nnc(N4CCN5CCC[C@H]5C4)s3)nc(-c3ccccc3)n2)CCN1. The van der Waals surface area contributed by atoms with E-state index in [1.807, 2.05) is 59.5 Å². The Hall–Kier alpha value is -4.42. The fraction of sp³-hybridized carbons (Fsp3) is 0.333. The van der Waals surface area contributed by atoms with Gasteiger partial charge in [-0.05, 0) is 31.5 Å². The van der Waals surface area contributed by atoms with E-state index < -0.39 is 0 Å². The first-order valence-electron chi connectivity index (χ1n) is 14.3. The molecule has 0 saturated carbocycles. The Morgan fingerprint density at radius 1 is 0.952 bits per heavy atom. The fourth-order valence-corrected chi connectivity index (χ4v) is 6.76. The van der Waals surface area contributed by atoms with Crippen LogP contribution in [0.15, 0.2) is 60.7 Å². The van der Waals surface area contributed by atoms with Crippen molar-refractivity contribution in [3.63, 3.8) is 0 Å². The van der Waals surface area contributed by atoms with Gasteiger partial charge in [0.2, 0.25) is 11.0 Å². The molecule has 3 fully saturated rings. The molecule has 0 bridgehead atoms. The van der Waals surface area contributed by atoms with E-state index in [0.29, 0.717) is 36.5 Å². The summed E-state index contributed by atoms with van der Waals surface area (Å²) in [5.41, 5.74) is 2.44. The quantitative estimate of drug-likeness (QED) is 0.354. The van der Waals surface area contributed by atoms with Gasteiger partial charge in [-0.3, -0.25) is 14.5 Å². The van der Waals surface area contributed by atoms with Gasteiger partial charge in [0.05, 0.1) is 12.2 Å². The van der Waals surface area contributed by atoms with Crippen molar-refractivity contribution in [3.8, 4) is 22.0 Å². The van der Waals surface area contributed by atoms with Crippen molar-refractivity contribution in [2.24, 2.45) is 0 Å². The van der Waals surface area contributed by atoms with Gasteiger partial charge < -0.3 is 20.4 Å². The molecule has 12 heteroatoms. The van der Waals surface area contributed by atoms with Gasteiger partial charge >= 0.3 is 0 Å². The van der Waals surface area contributed by atoms with Crippen LogP contribution in [0.25, 0.3) is 22.0 Å². The summed E-state index contributed by atoms with van der Waals surface area (Å²) in [6.45, 7) is 5.45. The molecule has 214 valence electrons. The van der Waals surface area contributed by atoms with Gasteiger partial charge in [-0.15, -0.1) is 10.2 Å². The molecule has 5 heterocycles. The van der Waals surface area contributed by atoms with E-state index >= 15 is 0 Å². The first kappa shape index (κ1) is 26.5. The maximum atomic E-state index is 13.7. The number of anilines is 3. The minimum atomic E-state index is -0.369. The van der Waals surface area contributed by atoms with Crippen LogP contribution < -0.4 is 20.4 Å². The molecular formula is C30H31N9O2S. The molecule has 4 aromatic rings. The number of carbonyl (C=O) groups excluding carboxylic acids is 2. The number of piperazine rings is 2. The average Bonchev–Trinajstić information content (AvgIpc) is 3.71. The standard InChI is InChI=1S/C30H31N9O2S/c40-26-19-38(14-12-31-26)25-17-24(32-27(34-25)20-7-2-1-3-8-20)28(41)33-23-11-5-4-10-22(23)29-35-36-30(42-29)39-16-15-37-13-6-9-21(37)18-39/h1-5,7-8,10-11,17,21H,6,9,12-16,18-19H2,(H,31,40)(H,33,41)/t21-/m0/s1. The van der Waals surface area contributed by atoms with Crippen LogP contribution in [0.4, 0.5) is 16.6 Å². The van der Waals surface area contributed by atoms with E-state index in [1.165, 1.54) is 19.4 Å². The molecule has 0 aliphatic carbocycles. The van der Waals surface area contributed by atoms with Crippen LogP contribution in [0.3, 0.4) is 0 Å². The first-order valence-corrected chi connectivity index (χ1v) is 15.1. The molecule has 0 radical (unpaired) electrons. The fourth-order valence-electron chi connectivity index (χ4n) is 5.85. The second kappa shape index (κ2) is 11.5. The van der Waals surface area contributed by atoms with E-state index in [2.05, 4.69) is 35.6 Å². The lowest BCUT2D eigenvalue weighted by Gasteiger charge is -2.37. The van der Waals surface area contributed by atoms with Gasteiger partial charge in [0.25, 0.3) is 5.91 Å². The van der Waals surface area contributed by atoms with E-state index in [4.69, 9.17) is 4.98 Å². The molecule has 7 rings (SSSR count). The van der Waals surface area contributed by atoms with Crippen molar-refractivity contribution < 1.29 is 9.59 Å². The zero-order chi connectivity index (χ0) is 28.5. The number of fused-ring (bicyclic) bond motifs is 1. The summed E-state index contributed by atoms with van der Waals surface area (Å²) in [5, 5.41) is 16.6. The highest BCUT2D eigenvalue weighted by Crippen LogP contribution is 2.35. The lowest BCUT2D eigenvalue weighted by Crippen LogP contribution is -2.50. The summed E-state index contributed by atoms with van der Waals surface area (Å²) in [7, 11) is 0. The molecule has 2 N–H and O–H groups in total. The van der Waals surface area contributed by atoms with Crippen molar-refractivity contribution in [1.82, 2.24) is 30.4 Å². The number of rotatable bonds is 6. The van der Waals surface area contributed by atoms with Crippen molar-refractivity contribution in [3.05, 3.63) is 66.4 Å². The van der Waals surface area contributed by atoms with Crippen molar-refractivity contribution in [1.29, 1.82) is 0 Å².